The molecule has 0 spiro atoms. The number of fused-ring (bicyclic) bond motifs is 1. The number of halogens is 3. The Balaban J connectivity index is 1.74. The lowest BCUT2D eigenvalue weighted by Gasteiger charge is -2.07. The highest BCUT2D eigenvalue weighted by Gasteiger charge is 2.13. The molecule has 0 saturated heterocycles. The highest BCUT2D eigenvalue weighted by atomic mass is 19.2. The van der Waals surface area contributed by atoms with Crippen LogP contribution in [-0.2, 0) is 6.54 Å². The van der Waals surface area contributed by atoms with Crippen molar-refractivity contribution in [3.8, 4) is 0 Å². The average molecular weight is 308 g/mol. The Morgan fingerprint density at radius 1 is 1.09 bits per heavy atom. The molecule has 0 saturated carbocycles. The molecule has 2 aromatic heterocycles. The fourth-order valence-corrected chi connectivity index (χ4v) is 2.07. The van der Waals surface area contributed by atoms with Gasteiger partial charge in [-0.15, -0.1) is 5.10 Å². The molecule has 0 aliphatic rings. The van der Waals surface area contributed by atoms with E-state index in [9.17, 15) is 18.0 Å². The van der Waals surface area contributed by atoms with E-state index in [0.717, 1.165) is 12.1 Å². The third-order valence-corrected chi connectivity index (χ3v) is 3.16. The van der Waals surface area contributed by atoms with Crippen molar-refractivity contribution < 1.29 is 13.2 Å². The number of anilines is 1. The van der Waals surface area contributed by atoms with E-state index >= 15 is 0 Å². The molecule has 1 N–H and O–H groups in total. The number of nitrogens with zero attached hydrogens (tertiary/aromatic N) is 3. The standard InChI is InChI=1S/C14H11F3N4O/c15-9-4-5-10(13(17)12(9)16)18-6-8-21-14(22)20-7-2-1-3-11(20)19-21/h1-5,7,18H,6,8H2. The van der Waals surface area contributed by atoms with Gasteiger partial charge in [0.1, 0.15) is 0 Å². The fraction of sp³-hybridized carbons (Fsp3) is 0.143. The van der Waals surface area contributed by atoms with Gasteiger partial charge in [0.15, 0.2) is 23.1 Å². The predicted octanol–water partition coefficient (Wildman–Crippen LogP) is 2.03. The smallest absolute Gasteiger partial charge is 0.350 e. The highest BCUT2D eigenvalue weighted by molar-refractivity contribution is 5.45. The van der Waals surface area contributed by atoms with Crippen LogP contribution in [0, 0.1) is 17.5 Å². The number of pyridine rings is 1. The Morgan fingerprint density at radius 3 is 2.68 bits per heavy atom. The predicted molar refractivity (Wildman–Crippen MR) is 74.3 cm³/mol. The van der Waals surface area contributed by atoms with Crippen molar-refractivity contribution in [2.45, 2.75) is 6.54 Å². The highest BCUT2D eigenvalue weighted by Crippen LogP contribution is 2.19. The monoisotopic (exact) mass is 308 g/mol. The molecular weight excluding hydrogens is 297 g/mol. The molecule has 0 unspecified atom stereocenters. The van der Waals surface area contributed by atoms with Crippen molar-refractivity contribution in [2.24, 2.45) is 0 Å². The van der Waals surface area contributed by atoms with Crippen LogP contribution in [0.15, 0.2) is 41.3 Å². The summed E-state index contributed by atoms with van der Waals surface area (Å²) in [4.78, 5) is 12.0. The first-order valence-electron chi connectivity index (χ1n) is 6.49. The maximum absolute atomic E-state index is 13.5. The molecule has 0 aliphatic heterocycles. The average Bonchev–Trinajstić information content (AvgIpc) is 2.84. The van der Waals surface area contributed by atoms with Crippen LogP contribution in [0.3, 0.4) is 0 Å². The molecule has 3 rings (SSSR count). The van der Waals surface area contributed by atoms with Gasteiger partial charge in [-0.1, -0.05) is 6.07 Å². The van der Waals surface area contributed by atoms with Crippen molar-refractivity contribution >= 4 is 11.3 Å². The molecule has 114 valence electrons. The molecule has 1 aromatic carbocycles. The van der Waals surface area contributed by atoms with Crippen LogP contribution in [0.4, 0.5) is 18.9 Å². The number of hydrogen-bond donors (Lipinski definition) is 1. The topological polar surface area (TPSA) is 51.3 Å². The van der Waals surface area contributed by atoms with E-state index in [1.54, 1.807) is 24.4 Å². The van der Waals surface area contributed by atoms with Crippen LogP contribution in [0.5, 0.6) is 0 Å². The van der Waals surface area contributed by atoms with Crippen molar-refractivity contribution in [2.75, 3.05) is 11.9 Å². The van der Waals surface area contributed by atoms with Crippen molar-refractivity contribution in [3.05, 3.63) is 64.5 Å². The minimum atomic E-state index is -1.53. The second kappa shape index (κ2) is 5.55. The lowest BCUT2D eigenvalue weighted by Crippen LogP contribution is -2.24. The lowest BCUT2D eigenvalue weighted by atomic mass is 10.3. The van der Waals surface area contributed by atoms with E-state index in [1.165, 1.54) is 9.08 Å². The van der Waals surface area contributed by atoms with Gasteiger partial charge in [0.2, 0.25) is 0 Å². The maximum atomic E-state index is 13.5. The normalized spacial score (nSPS) is 11.0. The van der Waals surface area contributed by atoms with E-state index in [-0.39, 0.29) is 24.5 Å². The van der Waals surface area contributed by atoms with Gasteiger partial charge >= 0.3 is 5.69 Å². The van der Waals surface area contributed by atoms with E-state index < -0.39 is 17.5 Å². The molecule has 0 amide bonds. The van der Waals surface area contributed by atoms with E-state index in [2.05, 4.69) is 10.4 Å². The molecule has 0 aliphatic carbocycles. The Labute approximate surface area is 122 Å². The van der Waals surface area contributed by atoms with Gasteiger partial charge in [0.25, 0.3) is 0 Å². The number of nitrogens with one attached hydrogen (secondary N) is 1. The third-order valence-electron chi connectivity index (χ3n) is 3.16. The van der Waals surface area contributed by atoms with E-state index in [0.29, 0.717) is 5.65 Å². The van der Waals surface area contributed by atoms with Crippen molar-refractivity contribution in [1.29, 1.82) is 0 Å². The van der Waals surface area contributed by atoms with Crippen LogP contribution in [0.25, 0.3) is 5.65 Å². The first-order valence-corrected chi connectivity index (χ1v) is 6.49. The molecule has 0 fully saturated rings. The third kappa shape index (κ3) is 2.43. The zero-order valence-electron chi connectivity index (χ0n) is 11.3. The van der Waals surface area contributed by atoms with E-state index in [4.69, 9.17) is 0 Å². The van der Waals surface area contributed by atoms with Crippen molar-refractivity contribution in [1.82, 2.24) is 14.2 Å². The molecular formula is C14H11F3N4O. The molecule has 3 aromatic rings. The first kappa shape index (κ1) is 14.2. The lowest BCUT2D eigenvalue weighted by molar-refractivity contribution is 0.448. The largest absolute Gasteiger partial charge is 0.381 e. The fourth-order valence-electron chi connectivity index (χ4n) is 2.07. The SMILES string of the molecule is O=c1n(CCNc2ccc(F)c(F)c2F)nc2ccccn12. The molecule has 8 heteroatoms. The summed E-state index contributed by atoms with van der Waals surface area (Å²) in [7, 11) is 0. The van der Waals surface area contributed by atoms with Gasteiger partial charge in [-0.25, -0.2) is 22.6 Å². The van der Waals surface area contributed by atoms with Gasteiger partial charge in [-0.3, -0.25) is 4.40 Å². The Morgan fingerprint density at radius 2 is 1.91 bits per heavy atom. The number of hydrogen-bond acceptors (Lipinski definition) is 3. The number of benzene rings is 1. The van der Waals surface area contributed by atoms with Gasteiger partial charge in [0.05, 0.1) is 12.2 Å². The second-order valence-electron chi connectivity index (χ2n) is 4.58. The van der Waals surface area contributed by atoms with Gasteiger partial charge in [-0.2, -0.15) is 0 Å². The Bertz CT molecular complexity index is 887. The molecule has 22 heavy (non-hydrogen) atoms. The quantitative estimate of drug-likeness (QED) is 0.750. The van der Waals surface area contributed by atoms with Crippen LogP contribution in [0.1, 0.15) is 0 Å². The van der Waals surface area contributed by atoms with Gasteiger partial charge in [-0.05, 0) is 24.3 Å². The summed E-state index contributed by atoms with van der Waals surface area (Å²) in [5.41, 5.74) is -0.00891. The maximum Gasteiger partial charge on any atom is 0.350 e. The molecule has 5 nitrogen and oxygen atoms in total. The first-order chi connectivity index (χ1) is 10.6. The summed E-state index contributed by atoms with van der Waals surface area (Å²) in [6.07, 6.45) is 1.59. The second-order valence-corrected chi connectivity index (χ2v) is 4.58. The summed E-state index contributed by atoms with van der Waals surface area (Å²) in [5.74, 6) is -4.07. The van der Waals surface area contributed by atoms with Crippen LogP contribution in [0.2, 0.25) is 0 Å². The van der Waals surface area contributed by atoms with Crippen LogP contribution >= 0.6 is 0 Å². The Hall–Kier alpha value is -2.77. The van der Waals surface area contributed by atoms with Crippen molar-refractivity contribution in [3.63, 3.8) is 0 Å². The van der Waals surface area contributed by atoms with E-state index in [1.807, 2.05) is 0 Å². The summed E-state index contributed by atoms with van der Waals surface area (Å²) in [6.45, 7) is 0.282. The summed E-state index contributed by atoms with van der Waals surface area (Å²) in [6, 6.07) is 7.06. The molecule has 2 heterocycles. The summed E-state index contributed by atoms with van der Waals surface area (Å²) in [5, 5.41) is 6.71. The zero-order valence-corrected chi connectivity index (χ0v) is 11.3. The minimum Gasteiger partial charge on any atom is -0.381 e. The van der Waals surface area contributed by atoms with Crippen LogP contribution in [-0.4, -0.2) is 20.7 Å². The summed E-state index contributed by atoms with van der Waals surface area (Å²) >= 11 is 0. The van der Waals surface area contributed by atoms with Gasteiger partial charge in [0, 0.05) is 12.7 Å². The zero-order chi connectivity index (χ0) is 15.7. The minimum absolute atomic E-state index is 0.131. The summed E-state index contributed by atoms with van der Waals surface area (Å²) < 4.78 is 42.0. The number of aromatic nitrogens is 3. The van der Waals surface area contributed by atoms with Crippen LogP contribution < -0.4 is 11.0 Å². The molecule has 0 radical (unpaired) electrons. The molecule has 0 atom stereocenters. The molecule has 0 bridgehead atoms. The number of rotatable bonds is 4. The van der Waals surface area contributed by atoms with Gasteiger partial charge < -0.3 is 5.32 Å². The Kier molecular flexibility index (Phi) is 3.58.